The Hall–Kier alpha value is -0.0700. The molecule has 0 bridgehead atoms. The number of β-amino-alcohol motifs (C(OH)–C–C–N with tert-alkyl or cyclic N) is 1. The Balaban J connectivity index is 0. The molecule has 1 unspecified atom stereocenters. The molecule has 0 aromatic rings. The van der Waals surface area contributed by atoms with E-state index in [9.17, 15) is 9.90 Å². The SMILES string of the molecule is CC(O)CN1CCC(CN(C)C(=O)[C@H](C)N)CC1.Cl.Cl. The predicted octanol–water partition coefficient (Wildman–Crippen LogP) is 0.728. The molecule has 0 spiro atoms. The first-order valence-corrected chi connectivity index (χ1v) is 6.81. The smallest absolute Gasteiger partial charge is 0.238 e. The van der Waals surface area contributed by atoms with E-state index in [1.165, 1.54) is 0 Å². The molecule has 1 fully saturated rings. The van der Waals surface area contributed by atoms with Crippen LogP contribution >= 0.6 is 24.8 Å². The van der Waals surface area contributed by atoms with Gasteiger partial charge in [0, 0.05) is 20.1 Å². The number of halogens is 2. The van der Waals surface area contributed by atoms with Gasteiger partial charge in [0.05, 0.1) is 12.1 Å². The first-order chi connectivity index (χ1) is 8.40. The van der Waals surface area contributed by atoms with Crippen molar-refractivity contribution in [2.24, 2.45) is 11.7 Å². The second-order valence-corrected chi connectivity index (χ2v) is 5.60. The molecule has 1 heterocycles. The number of hydrogen-bond donors (Lipinski definition) is 2. The minimum absolute atomic E-state index is 0. The van der Waals surface area contributed by atoms with Gasteiger partial charge in [0.15, 0.2) is 0 Å². The molecule has 0 saturated carbocycles. The summed E-state index contributed by atoms with van der Waals surface area (Å²) in [4.78, 5) is 15.7. The van der Waals surface area contributed by atoms with Crippen molar-refractivity contribution in [3.8, 4) is 0 Å². The number of piperidine rings is 1. The minimum Gasteiger partial charge on any atom is -0.392 e. The Kier molecular flexibility index (Phi) is 11.8. The molecule has 122 valence electrons. The second kappa shape index (κ2) is 10.6. The van der Waals surface area contributed by atoms with E-state index in [1.807, 2.05) is 14.0 Å². The zero-order chi connectivity index (χ0) is 13.7. The summed E-state index contributed by atoms with van der Waals surface area (Å²) >= 11 is 0. The van der Waals surface area contributed by atoms with Gasteiger partial charge in [0.25, 0.3) is 0 Å². The van der Waals surface area contributed by atoms with Crippen LogP contribution in [-0.2, 0) is 4.79 Å². The maximum absolute atomic E-state index is 11.7. The lowest BCUT2D eigenvalue weighted by molar-refractivity contribution is -0.131. The maximum Gasteiger partial charge on any atom is 0.238 e. The largest absolute Gasteiger partial charge is 0.392 e. The highest BCUT2D eigenvalue weighted by molar-refractivity contribution is 5.85. The van der Waals surface area contributed by atoms with E-state index in [4.69, 9.17) is 5.73 Å². The molecule has 0 aromatic heterocycles. The lowest BCUT2D eigenvalue weighted by atomic mass is 9.96. The standard InChI is InChI=1S/C13H27N3O2.2ClH/c1-10(17)8-16-6-4-12(5-7-16)9-15(3)13(18)11(2)14;;/h10-12,17H,4-9,14H2,1-3H3;2*1H/t10?,11-;;/m0../s1. The van der Waals surface area contributed by atoms with Crippen LogP contribution in [0, 0.1) is 5.92 Å². The first kappa shape index (κ1) is 22.2. The van der Waals surface area contributed by atoms with Crippen molar-refractivity contribution in [3.63, 3.8) is 0 Å². The number of likely N-dealkylation sites (tertiary alicyclic amines) is 1. The van der Waals surface area contributed by atoms with Gasteiger partial charge >= 0.3 is 0 Å². The summed E-state index contributed by atoms with van der Waals surface area (Å²) in [6.45, 7) is 7.11. The van der Waals surface area contributed by atoms with Crippen LogP contribution in [-0.4, -0.2) is 66.2 Å². The van der Waals surface area contributed by atoms with Gasteiger partial charge in [-0.25, -0.2) is 0 Å². The van der Waals surface area contributed by atoms with Crippen LogP contribution < -0.4 is 5.73 Å². The Labute approximate surface area is 134 Å². The van der Waals surface area contributed by atoms with E-state index in [-0.39, 0.29) is 36.8 Å². The summed E-state index contributed by atoms with van der Waals surface area (Å²) in [5.41, 5.74) is 5.59. The fourth-order valence-electron chi connectivity index (χ4n) is 2.55. The monoisotopic (exact) mass is 329 g/mol. The molecular weight excluding hydrogens is 301 g/mol. The topological polar surface area (TPSA) is 69.8 Å². The molecule has 1 aliphatic rings. The summed E-state index contributed by atoms with van der Waals surface area (Å²) in [6.07, 6.45) is 1.91. The number of carbonyl (C=O) groups is 1. The zero-order valence-corrected chi connectivity index (χ0v) is 14.3. The highest BCUT2D eigenvalue weighted by atomic mass is 35.5. The second-order valence-electron chi connectivity index (χ2n) is 5.60. The zero-order valence-electron chi connectivity index (χ0n) is 12.6. The van der Waals surface area contributed by atoms with Crippen molar-refractivity contribution in [3.05, 3.63) is 0 Å². The van der Waals surface area contributed by atoms with Crippen LogP contribution in [0.2, 0.25) is 0 Å². The normalized spacial score (nSPS) is 19.4. The molecule has 20 heavy (non-hydrogen) atoms. The summed E-state index contributed by atoms with van der Waals surface area (Å²) in [5.74, 6) is 0.573. The van der Waals surface area contributed by atoms with Crippen molar-refractivity contribution in [1.29, 1.82) is 0 Å². The number of rotatable bonds is 5. The number of aliphatic hydroxyl groups excluding tert-OH is 1. The van der Waals surface area contributed by atoms with E-state index < -0.39 is 6.04 Å². The Morgan fingerprint density at radius 3 is 2.25 bits per heavy atom. The van der Waals surface area contributed by atoms with Gasteiger partial charge in [-0.1, -0.05) is 0 Å². The average molecular weight is 330 g/mol. The van der Waals surface area contributed by atoms with Crippen LogP contribution in [0.15, 0.2) is 0 Å². The highest BCUT2D eigenvalue weighted by Gasteiger charge is 2.23. The fraction of sp³-hybridized carbons (Fsp3) is 0.923. The van der Waals surface area contributed by atoms with Crippen LogP contribution in [0.5, 0.6) is 0 Å². The van der Waals surface area contributed by atoms with E-state index in [0.29, 0.717) is 5.92 Å². The molecule has 1 aliphatic heterocycles. The van der Waals surface area contributed by atoms with E-state index >= 15 is 0 Å². The van der Waals surface area contributed by atoms with Crippen LogP contribution in [0.1, 0.15) is 26.7 Å². The molecule has 1 amide bonds. The molecule has 1 saturated heterocycles. The third-order valence-electron chi connectivity index (χ3n) is 3.53. The van der Waals surface area contributed by atoms with Gasteiger partial charge in [-0.2, -0.15) is 0 Å². The predicted molar refractivity (Wildman–Crippen MR) is 86.6 cm³/mol. The molecule has 5 nitrogen and oxygen atoms in total. The molecule has 0 aliphatic carbocycles. The van der Waals surface area contributed by atoms with Gasteiger partial charge < -0.3 is 20.6 Å². The molecule has 3 N–H and O–H groups in total. The third kappa shape index (κ3) is 7.64. The summed E-state index contributed by atoms with van der Waals surface area (Å²) in [6, 6.07) is -0.412. The summed E-state index contributed by atoms with van der Waals surface area (Å²) in [7, 11) is 1.83. The molecule has 0 aromatic carbocycles. The van der Waals surface area contributed by atoms with E-state index in [2.05, 4.69) is 4.90 Å². The Bertz CT molecular complexity index is 270. The molecule has 7 heteroatoms. The summed E-state index contributed by atoms with van der Waals surface area (Å²) < 4.78 is 0. The van der Waals surface area contributed by atoms with E-state index in [1.54, 1.807) is 11.8 Å². The number of nitrogens with zero attached hydrogens (tertiary/aromatic N) is 2. The number of likely N-dealkylation sites (N-methyl/N-ethyl adjacent to an activating group) is 1. The first-order valence-electron chi connectivity index (χ1n) is 6.81. The number of nitrogens with two attached hydrogens (primary N) is 1. The molecular formula is C13H29Cl2N3O2. The van der Waals surface area contributed by atoms with Gasteiger partial charge in [0.2, 0.25) is 5.91 Å². The van der Waals surface area contributed by atoms with Gasteiger partial charge in [-0.05, 0) is 45.7 Å². The van der Waals surface area contributed by atoms with Gasteiger partial charge in [-0.3, -0.25) is 4.79 Å². The number of carbonyl (C=O) groups excluding carboxylic acids is 1. The number of aliphatic hydroxyl groups is 1. The van der Waals surface area contributed by atoms with Crippen molar-refractivity contribution >= 4 is 30.7 Å². The van der Waals surface area contributed by atoms with E-state index in [0.717, 1.165) is 39.0 Å². The molecule has 1 rings (SSSR count). The number of hydrogen-bond acceptors (Lipinski definition) is 4. The Morgan fingerprint density at radius 2 is 1.85 bits per heavy atom. The van der Waals surface area contributed by atoms with Crippen molar-refractivity contribution in [1.82, 2.24) is 9.80 Å². The minimum atomic E-state index is -0.412. The molecule has 2 atom stereocenters. The van der Waals surface area contributed by atoms with Crippen molar-refractivity contribution in [2.75, 3.05) is 33.2 Å². The Morgan fingerprint density at radius 1 is 1.35 bits per heavy atom. The summed E-state index contributed by atoms with van der Waals surface area (Å²) in [5, 5.41) is 9.34. The lowest BCUT2D eigenvalue weighted by Crippen LogP contribution is -2.45. The molecule has 0 radical (unpaired) electrons. The third-order valence-corrected chi connectivity index (χ3v) is 3.53. The van der Waals surface area contributed by atoms with Crippen LogP contribution in [0.3, 0.4) is 0 Å². The average Bonchev–Trinajstić information content (AvgIpc) is 2.29. The van der Waals surface area contributed by atoms with Crippen LogP contribution in [0.25, 0.3) is 0 Å². The lowest BCUT2D eigenvalue weighted by Gasteiger charge is -2.34. The van der Waals surface area contributed by atoms with Crippen LogP contribution in [0.4, 0.5) is 0 Å². The quantitative estimate of drug-likeness (QED) is 0.780. The number of amides is 1. The van der Waals surface area contributed by atoms with Gasteiger partial charge in [-0.15, -0.1) is 24.8 Å². The van der Waals surface area contributed by atoms with Gasteiger partial charge in [0.1, 0.15) is 0 Å². The van der Waals surface area contributed by atoms with Crippen molar-refractivity contribution in [2.45, 2.75) is 38.8 Å². The fourth-order valence-corrected chi connectivity index (χ4v) is 2.55. The van der Waals surface area contributed by atoms with Crippen molar-refractivity contribution < 1.29 is 9.90 Å². The maximum atomic E-state index is 11.7. The highest BCUT2D eigenvalue weighted by Crippen LogP contribution is 2.18.